The quantitative estimate of drug-likeness (QED) is 0.664. The lowest BCUT2D eigenvalue weighted by molar-refractivity contribution is -0.138. The van der Waals surface area contributed by atoms with Crippen LogP contribution in [0.3, 0.4) is 0 Å². The number of hydrogen-bond donors (Lipinski definition) is 1. The molecule has 2 saturated heterocycles. The SMILES string of the molecule is O=C(NC(Cc1cccs1)C(=O)N1CCC2OCC(=O)C21)c1ccnc2ccccc12. The van der Waals surface area contributed by atoms with E-state index in [-0.39, 0.29) is 30.3 Å². The normalized spacial score (nSPS) is 21.3. The van der Waals surface area contributed by atoms with Crippen molar-refractivity contribution in [1.82, 2.24) is 15.2 Å². The number of carbonyl (C=O) groups is 3. The van der Waals surface area contributed by atoms with Crippen molar-refractivity contribution in [2.75, 3.05) is 13.2 Å². The molecule has 3 atom stereocenters. The van der Waals surface area contributed by atoms with Crippen LogP contribution < -0.4 is 5.32 Å². The molecule has 4 heterocycles. The van der Waals surface area contributed by atoms with Gasteiger partial charge in [-0.25, -0.2) is 0 Å². The molecular formula is C23H21N3O4S. The maximum Gasteiger partial charge on any atom is 0.252 e. The minimum absolute atomic E-state index is 0.0457. The number of carbonyl (C=O) groups excluding carboxylic acids is 3. The summed E-state index contributed by atoms with van der Waals surface area (Å²) in [6.45, 7) is 0.499. The molecule has 0 radical (unpaired) electrons. The number of fused-ring (bicyclic) bond motifs is 2. The van der Waals surface area contributed by atoms with E-state index in [0.29, 0.717) is 30.5 Å². The summed E-state index contributed by atoms with van der Waals surface area (Å²) in [5.74, 6) is -0.651. The van der Waals surface area contributed by atoms with Crippen LogP contribution in [-0.4, -0.2) is 58.8 Å². The number of nitrogens with zero attached hydrogens (tertiary/aromatic N) is 2. The minimum atomic E-state index is -0.773. The van der Waals surface area contributed by atoms with Crippen LogP contribution in [0.1, 0.15) is 21.7 Å². The van der Waals surface area contributed by atoms with Crippen LogP contribution in [0.15, 0.2) is 54.0 Å². The van der Waals surface area contributed by atoms with Crippen molar-refractivity contribution in [1.29, 1.82) is 0 Å². The van der Waals surface area contributed by atoms with Crippen molar-refractivity contribution >= 4 is 39.8 Å². The molecule has 0 bridgehead atoms. The van der Waals surface area contributed by atoms with Gasteiger partial charge in [-0.05, 0) is 30.0 Å². The first-order chi connectivity index (χ1) is 15.1. The van der Waals surface area contributed by atoms with Gasteiger partial charge < -0.3 is 15.0 Å². The van der Waals surface area contributed by atoms with E-state index in [0.717, 1.165) is 10.3 Å². The second-order valence-electron chi connectivity index (χ2n) is 7.77. The predicted octanol–water partition coefficient (Wildman–Crippen LogP) is 2.21. The first-order valence-electron chi connectivity index (χ1n) is 10.2. The second kappa shape index (κ2) is 8.20. The molecule has 3 aromatic rings. The first kappa shape index (κ1) is 19.8. The van der Waals surface area contributed by atoms with Crippen LogP contribution in [0.5, 0.6) is 0 Å². The molecule has 2 fully saturated rings. The van der Waals surface area contributed by atoms with Crippen LogP contribution in [0.25, 0.3) is 10.9 Å². The zero-order valence-corrected chi connectivity index (χ0v) is 17.5. The number of amides is 2. The smallest absolute Gasteiger partial charge is 0.252 e. The molecule has 1 aromatic carbocycles. The largest absolute Gasteiger partial charge is 0.368 e. The molecule has 1 N–H and O–H groups in total. The Kier molecular flexibility index (Phi) is 5.25. The molecule has 2 aliphatic rings. The summed E-state index contributed by atoms with van der Waals surface area (Å²) in [4.78, 5) is 45.9. The summed E-state index contributed by atoms with van der Waals surface area (Å²) < 4.78 is 5.52. The molecule has 8 heteroatoms. The Morgan fingerprint density at radius 3 is 2.94 bits per heavy atom. The number of Topliss-reactive ketones (excluding diaryl/α,β-unsaturated/α-hetero) is 1. The molecule has 158 valence electrons. The maximum atomic E-state index is 13.5. The average Bonchev–Trinajstić information content (AvgIpc) is 3.52. The maximum absolute atomic E-state index is 13.5. The minimum Gasteiger partial charge on any atom is -0.368 e. The Morgan fingerprint density at radius 1 is 1.23 bits per heavy atom. The van der Waals surface area contributed by atoms with Crippen molar-refractivity contribution in [2.24, 2.45) is 0 Å². The summed E-state index contributed by atoms with van der Waals surface area (Å²) in [6.07, 6.45) is 2.36. The van der Waals surface area contributed by atoms with Crippen molar-refractivity contribution in [2.45, 2.75) is 31.0 Å². The number of aromatic nitrogens is 1. The van der Waals surface area contributed by atoms with E-state index in [4.69, 9.17) is 4.74 Å². The predicted molar refractivity (Wildman–Crippen MR) is 116 cm³/mol. The fourth-order valence-corrected chi connectivity index (χ4v) is 5.15. The first-order valence-corrected chi connectivity index (χ1v) is 11.1. The molecule has 2 aliphatic heterocycles. The number of ether oxygens (including phenoxy) is 1. The Bertz CT molecular complexity index is 1140. The van der Waals surface area contributed by atoms with Crippen LogP contribution in [-0.2, 0) is 20.7 Å². The Labute approximate surface area is 183 Å². The number of thiophene rings is 1. The van der Waals surface area contributed by atoms with E-state index in [9.17, 15) is 14.4 Å². The average molecular weight is 436 g/mol. The highest BCUT2D eigenvalue weighted by atomic mass is 32.1. The molecule has 0 spiro atoms. The molecule has 0 saturated carbocycles. The van der Waals surface area contributed by atoms with Gasteiger partial charge in [0.05, 0.1) is 17.2 Å². The Hall–Kier alpha value is -3.10. The monoisotopic (exact) mass is 435 g/mol. The van der Waals surface area contributed by atoms with Gasteiger partial charge in [0, 0.05) is 29.4 Å². The second-order valence-corrected chi connectivity index (χ2v) is 8.80. The summed E-state index contributed by atoms with van der Waals surface area (Å²) in [6, 6.07) is 11.6. The molecule has 0 aliphatic carbocycles. The van der Waals surface area contributed by atoms with Gasteiger partial charge in [-0.3, -0.25) is 19.4 Å². The van der Waals surface area contributed by atoms with Crippen LogP contribution >= 0.6 is 11.3 Å². The molecule has 7 nitrogen and oxygen atoms in total. The zero-order valence-electron chi connectivity index (χ0n) is 16.7. The molecule has 31 heavy (non-hydrogen) atoms. The number of likely N-dealkylation sites (tertiary alicyclic amines) is 1. The molecular weight excluding hydrogens is 414 g/mol. The molecule has 5 rings (SSSR count). The number of ketones is 1. The summed E-state index contributed by atoms with van der Waals surface area (Å²) in [7, 11) is 0. The third-order valence-corrected chi connectivity index (χ3v) is 6.78. The number of nitrogens with one attached hydrogen (secondary N) is 1. The van der Waals surface area contributed by atoms with Crippen LogP contribution in [0, 0.1) is 0 Å². The molecule has 2 aromatic heterocycles. The lowest BCUT2D eigenvalue weighted by Gasteiger charge is -2.27. The van der Waals surface area contributed by atoms with Gasteiger partial charge in [0.25, 0.3) is 5.91 Å². The van der Waals surface area contributed by atoms with Crippen molar-refractivity contribution in [3.63, 3.8) is 0 Å². The van der Waals surface area contributed by atoms with Gasteiger partial charge in [0.1, 0.15) is 18.7 Å². The molecule has 3 unspecified atom stereocenters. The van der Waals surface area contributed by atoms with Crippen LogP contribution in [0.4, 0.5) is 0 Å². The highest BCUT2D eigenvalue weighted by Crippen LogP contribution is 2.28. The highest BCUT2D eigenvalue weighted by molar-refractivity contribution is 7.09. The van der Waals surface area contributed by atoms with Crippen molar-refractivity contribution in [3.8, 4) is 0 Å². The Morgan fingerprint density at radius 2 is 2.10 bits per heavy atom. The zero-order chi connectivity index (χ0) is 21.4. The number of rotatable bonds is 5. The number of pyridine rings is 1. The highest BCUT2D eigenvalue weighted by Gasteiger charge is 2.48. The fourth-order valence-electron chi connectivity index (χ4n) is 4.40. The topological polar surface area (TPSA) is 88.6 Å². The lowest BCUT2D eigenvalue weighted by atomic mass is 10.1. The van der Waals surface area contributed by atoms with E-state index in [1.54, 1.807) is 17.2 Å². The van der Waals surface area contributed by atoms with Gasteiger partial charge in [-0.15, -0.1) is 11.3 Å². The summed E-state index contributed by atoms with van der Waals surface area (Å²) in [5.41, 5.74) is 1.18. The van der Waals surface area contributed by atoms with Gasteiger partial charge in [0.2, 0.25) is 5.91 Å². The third-order valence-electron chi connectivity index (χ3n) is 5.88. The fraction of sp³-hybridized carbons (Fsp3) is 0.304. The summed E-state index contributed by atoms with van der Waals surface area (Å²) >= 11 is 1.53. The van der Waals surface area contributed by atoms with Gasteiger partial charge in [0.15, 0.2) is 5.78 Å². The lowest BCUT2D eigenvalue weighted by Crippen LogP contribution is -2.53. The van der Waals surface area contributed by atoms with E-state index >= 15 is 0 Å². The van der Waals surface area contributed by atoms with Crippen molar-refractivity contribution in [3.05, 3.63) is 64.5 Å². The standard InChI is InChI=1S/C23H21N3O4S/c27-19-13-30-20-8-10-26(21(19)20)23(29)18(12-14-4-3-11-31-14)25-22(28)16-7-9-24-17-6-2-1-5-15(16)17/h1-7,9,11,18,20-21H,8,10,12-13H2,(H,25,28). The molecule has 2 amide bonds. The number of benzene rings is 1. The van der Waals surface area contributed by atoms with E-state index < -0.39 is 12.1 Å². The van der Waals surface area contributed by atoms with E-state index in [1.165, 1.54) is 11.3 Å². The van der Waals surface area contributed by atoms with Gasteiger partial charge >= 0.3 is 0 Å². The van der Waals surface area contributed by atoms with Crippen molar-refractivity contribution < 1.29 is 19.1 Å². The number of hydrogen-bond acceptors (Lipinski definition) is 6. The number of para-hydroxylation sites is 1. The van der Waals surface area contributed by atoms with E-state index in [2.05, 4.69) is 10.3 Å². The third kappa shape index (κ3) is 3.73. The van der Waals surface area contributed by atoms with Gasteiger partial charge in [-0.1, -0.05) is 24.3 Å². The van der Waals surface area contributed by atoms with Gasteiger partial charge in [-0.2, -0.15) is 0 Å². The van der Waals surface area contributed by atoms with Crippen LogP contribution in [0.2, 0.25) is 0 Å². The Balaban J connectivity index is 1.43. The van der Waals surface area contributed by atoms with E-state index in [1.807, 2.05) is 41.8 Å². The summed E-state index contributed by atoms with van der Waals surface area (Å²) in [5, 5.41) is 5.60.